The van der Waals surface area contributed by atoms with Crippen molar-refractivity contribution < 1.29 is 9.53 Å². The van der Waals surface area contributed by atoms with Gasteiger partial charge in [-0.3, -0.25) is 4.79 Å². The Kier molecular flexibility index (Phi) is 4.62. The molecule has 0 saturated heterocycles. The average Bonchev–Trinajstić information content (AvgIpc) is 2.22. The highest BCUT2D eigenvalue weighted by atomic mass is 32.2. The van der Waals surface area contributed by atoms with Gasteiger partial charge in [-0.1, -0.05) is 17.8 Å². The zero-order valence-corrected chi connectivity index (χ0v) is 10.0. The summed E-state index contributed by atoms with van der Waals surface area (Å²) in [5, 5.41) is 0.640. The van der Waals surface area contributed by atoms with Crippen molar-refractivity contribution >= 4 is 17.7 Å². The van der Waals surface area contributed by atoms with Crippen LogP contribution in [-0.4, -0.2) is 22.8 Å². The van der Waals surface area contributed by atoms with Gasteiger partial charge in [-0.15, -0.1) is 0 Å². The number of aromatic nitrogens is 1. The van der Waals surface area contributed by atoms with Crippen molar-refractivity contribution in [1.82, 2.24) is 4.98 Å². The van der Waals surface area contributed by atoms with Crippen LogP contribution in [0.2, 0.25) is 0 Å². The minimum absolute atomic E-state index is 0.190. The summed E-state index contributed by atoms with van der Waals surface area (Å²) < 4.78 is 4.91. The Morgan fingerprint density at radius 2 is 2.33 bits per heavy atom. The van der Waals surface area contributed by atoms with E-state index in [0.717, 1.165) is 10.6 Å². The Morgan fingerprint density at radius 1 is 1.60 bits per heavy atom. The SMILES string of the molecule is CCOC(=O)[C@H](C)Sc1ccc(C)cn1. The highest BCUT2D eigenvalue weighted by Gasteiger charge is 2.15. The van der Waals surface area contributed by atoms with Gasteiger partial charge >= 0.3 is 5.97 Å². The first-order valence-corrected chi connectivity index (χ1v) is 5.77. The topological polar surface area (TPSA) is 39.2 Å². The summed E-state index contributed by atoms with van der Waals surface area (Å²) in [6.45, 7) is 6.03. The second kappa shape index (κ2) is 5.75. The maximum atomic E-state index is 11.3. The Hall–Kier alpha value is -1.03. The van der Waals surface area contributed by atoms with Gasteiger partial charge in [0.05, 0.1) is 11.6 Å². The Bertz CT molecular complexity index is 324. The van der Waals surface area contributed by atoms with Crippen molar-refractivity contribution in [1.29, 1.82) is 0 Å². The van der Waals surface area contributed by atoms with Crippen molar-refractivity contribution in [3.05, 3.63) is 23.9 Å². The molecule has 0 aliphatic heterocycles. The van der Waals surface area contributed by atoms with Crippen molar-refractivity contribution in [2.75, 3.05) is 6.61 Å². The fraction of sp³-hybridized carbons (Fsp3) is 0.455. The molecule has 1 aromatic heterocycles. The van der Waals surface area contributed by atoms with E-state index in [1.165, 1.54) is 11.8 Å². The highest BCUT2D eigenvalue weighted by molar-refractivity contribution is 8.00. The summed E-state index contributed by atoms with van der Waals surface area (Å²) in [6, 6.07) is 3.89. The first kappa shape index (κ1) is 12.0. The molecule has 1 atom stereocenters. The van der Waals surface area contributed by atoms with Crippen LogP contribution in [0.15, 0.2) is 23.4 Å². The third-order valence-corrected chi connectivity index (χ3v) is 2.83. The molecule has 1 heterocycles. The van der Waals surface area contributed by atoms with Gasteiger partial charge in [-0.25, -0.2) is 4.98 Å². The predicted octanol–water partition coefficient (Wildman–Crippen LogP) is 2.43. The van der Waals surface area contributed by atoms with E-state index in [9.17, 15) is 4.79 Å². The van der Waals surface area contributed by atoms with Gasteiger partial charge in [0.1, 0.15) is 5.25 Å². The second-order valence-electron chi connectivity index (χ2n) is 3.19. The molecule has 82 valence electrons. The van der Waals surface area contributed by atoms with E-state index in [2.05, 4.69) is 4.98 Å². The summed E-state index contributed by atoms with van der Waals surface area (Å²) >= 11 is 1.41. The molecule has 0 N–H and O–H groups in total. The van der Waals surface area contributed by atoms with E-state index < -0.39 is 0 Å². The summed E-state index contributed by atoms with van der Waals surface area (Å²) in [4.78, 5) is 15.6. The molecule has 0 saturated carbocycles. The van der Waals surface area contributed by atoms with E-state index >= 15 is 0 Å². The molecule has 0 aliphatic rings. The fourth-order valence-electron chi connectivity index (χ4n) is 1.01. The third kappa shape index (κ3) is 3.91. The molecule has 0 unspecified atom stereocenters. The number of esters is 1. The molecule has 0 spiro atoms. The molecule has 3 nitrogen and oxygen atoms in total. The Labute approximate surface area is 94.2 Å². The van der Waals surface area contributed by atoms with Crippen LogP contribution in [0.5, 0.6) is 0 Å². The van der Waals surface area contributed by atoms with Gasteiger partial charge in [0, 0.05) is 6.20 Å². The lowest BCUT2D eigenvalue weighted by Gasteiger charge is -2.09. The van der Waals surface area contributed by atoms with Gasteiger partial charge in [0.25, 0.3) is 0 Å². The number of pyridine rings is 1. The van der Waals surface area contributed by atoms with E-state index in [-0.39, 0.29) is 11.2 Å². The van der Waals surface area contributed by atoms with Crippen LogP contribution in [0.25, 0.3) is 0 Å². The summed E-state index contributed by atoms with van der Waals surface area (Å²) in [6.07, 6.45) is 1.79. The van der Waals surface area contributed by atoms with Crippen LogP contribution < -0.4 is 0 Å². The van der Waals surface area contributed by atoms with Crippen molar-refractivity contribution in [2.24, 2.45) is 0 Å². The fourth-order valence-corrected chi connectivity index (χ4v) is 1.80. The van der Waals surface area contributed by atoms with Gasteiger partial charge < -0.3 is 4.74 Å². The van der Waals surface area contributed by atoms with E-state index in [4.69, 9.17) is 4.74 Å². The molecule has 0 fully saturated rings. The van der Waals surface area contributed by atoms with Crippen molar-refractivity contribution in [3.63, 3.8) is 0 Å². The van der Waals surface area contributed by atoms with Gasteiger partial charge in [0.2, 0.25) is 0 Å². The van der Waals surface area contributed by atoms with Crippen LogP contribution in [0.3, 0.4) is 0 Å². The van der Waals surface area contributed by atoms with Crippen LogP contribution >= 0.6 is 11.8 Å². The number of nitrogens with zero attached hydrogens (tertiary/aromatic N) is 1. The van der Waals surface area contributed by atoms with Crippen molar-refractivity contribution in [2.45, 2.75) is 31.0 Å². The molecule has 1 rings (SSSR count). The smallest absolute Gasteiger partial charge is 0.319 e. The maximum Gasteiger partial charge on any atom is 0.319 e. The average molecular weight is 225 g/mol. The number of hydrogen-bond donors (Lipinski definition) is 0. The molecular formula is C11H15NO2S. The monoisotopic (exact) mass is 225 g/mol. The molecule has 0 aliphatic carbocycles. The van der Waals surface area contributed by atoms with Gasteiger partial charge in [0.15, 0.2) is 0 Å². The largest absolute Gasteiger partial charge is 0.465 e. The zero-order valence-electron chi connectivity index (χ0n) is 9.19. The molecule has 1 aromatic rings. The highest BCUT2D eigenvalue weighted by Crippen LogP contribution is 2.21. The minimum Gasteiger partial charge on any atom is -0.465 e. The summed E-state index contributed by atoms with van der Waals surface area (Å²) in [5.41, 5.74) is 1.11. The number of rotatable bonds is 4. The molecule has 0 radical (unpaired) electrons. The van der Waals surface area contributed by atoms with E-state index in [1.54, 1.807) is 13.1 Å². The Balaban J connectivity index is 2.54. The van der Waals surface area contributed by atoms with Gasteiger partial charge in [-0.05, 0) is 32.4 Å². The number of carbonyl (C=O) groups is 1. The molecule has 0 bridgehead atoms. The zero-order chi connectivity index (χ0) is 11.3. The molecular weight excluding hydrogens is 210 g/mol. The number of carbonyl (C=O) groups excluding carboxylic acids is 1. The lowest BCUT2D eigenvalue weighted by Crippen LogP contribution is -2.16. The molecule has 0 amide bonds. The quantitative estimate of drug-likeness (QED) is 0.583. The van der Waals surface area contributed by atoms with Crippen LogP contribution in [0.1, 0.15) is 19.4 Å². The first-order valence-electron chi connectivity index (χ1n) is 4.89. The predicted molar refractivity (Wildman–Crippen MR) is 60.9 cm³/mol. The summed E-state index contributed by atoms with van der Waals surface area (Å²) in [7, 11) is 0. The van der Waals surface area contributed by atoms with Crippen LogP contribution in [0.4, 0.5) is 0 Å². The minimum atomic E-state index is -0.208. The third-order valence-electron chi connectivity index (χ3n) is 1.80. The number of thioether (sulfide) groups is 1. The lowest BCUT2D eigenvalue weighted by molar-refractivity contribution is -0.142. The van der Waals surface area contributed by atoms with Gasteiger partial charge in [-0.2, -0.15) is 0 Å². The van der Waals surface area contributed by atoms with Crippen molar-refractivity contribution in [3.8, 4) is 0 Å². The first-order chi connectivity index (χ1) is 7.13. The molecule has 0 aromatic carbocycles. The van der Waals surface area contributed by atoms with E-state index in [0.29, 0.717) is 6.61 Å². The van der Waals surface area contributed by atoms with Crippen LogP contribution in [-0.2, 0) is 9.53 Å². The Morgan fingerprint density at radius 3 is 2.87 bits per heavy atom. The lowest BCUT2D eigenvalue weighted by atomic mass is 10.3. The van der Waals surface area contributed by atoms with Crippen LogP contribution in [0, 0.1) is 6.92 Å². The normalized spacial score (nSPS) is 12.2. The molecule has 4 heteroatoms. The molecule has 15 heavy (non-hydrogen) atoms. The number of hydrogen-bond acceptors (Lipinski definition) is 4. The van der Waals surface area contributed by atoms with E-state index in [1.807, 2.05) is 26.0 Å². The summed E-state index contributed by atoms with van der Waals surface area (Å²) in [5.74, 6) is -0.190. The second-order valence-corrected chi connectivity index (χ2v) is 4.55. The number of ether oxygens (including phenoxy) is 1. The standard InChI is InChI=1S/C11H15NO2S/c1-4-14-11(13)9(3)15-10-6-5-8(2)7-12-10/h5-7,9H,4H2,1-3H3/t9-/m0/s1. The maximum absolute atomic E-state index is 11.3. The number of aryl methyl sites for hydroxylation is 1.